The predicted molar refractivity (Wildman–Crippen MR) is 77.7 cm³/mol. The summed E-state index contributed by atoms with van der Waals surface area (Å²) in [6, 6.07) is 4.84. The lowest BCUT2D eigenvalue weighted by Crippen LogP contribution is -2.43. The number of ether oxygens (including phenoxy) is 2. The SMILES string of the molecule is CCOC(OCC)C(Cc1cc(Br)ccc1F)NC. The Morgan fingerprint density at radius 3 is 2.42 bits per heavy atom. The summed E-state index contributed by atoms with van der Waals surface area (Å²) >= 11 is 3.36. The molecule has 19 heavy (non-hydrogen) atoms. The zero-order valence-electron chi connectivity index (χ0n) is 11.6. The Kier molecular flexibility index (Phi) is 7.53. The molecule has 3 nitrogen and oxygen atoms in total. The van der Waals surface area contributed by atoms with E-state index in [1.54, 1.807) is 12.1 Å². The van der Waals surface area contributed by atoms with Crippen LogP contribution in [0.25, 0.3) is 0 Å². The van der Waals surface area contributed by atoms with E-state index >= 15 is 0 Å². The fourth-order valence-corrected chi connectivity index (χ4v) is 2.29. The molecule has 0 spiro atoms. The molecule has 1 unspecified atom stereocenters. The van der Waals surface area contributed by atoms with Gasteiger partial charge in [-0.15, -0.1) is 0 Å². The van der Waals surface area contributed by atoms with E-state index in [4.69, 9.17) is 9.47 Å². The molecule has 0 saturated carbocycles. The largest absolute Gasteiger partial charge is 0.351 e. The van der Waals surface area contributed by atoms with E-state index in [0.717, 1.165) is 4.47 Å². The Balaban J connectivity index is 2.81. The van der Waals surface area contributed by atoms with E-state index in [2.05, 4.69) is 21.2 Å². The molecule has 1 rings (SSSR count). The number of hydrogen-bond donors (Lipinski definition) is 1. The third-order valence-corrected chi connectivity index (χ3v) is 3.30. The molecule has 0 aromatic heterocycles. The second-order valence-corrected chi connectivity index (χ2v) is 5.03. The van der Waals surface area contributed by atoms with E-state index in [0.29, 0.717) is 25.2 Å². The molecule has 1 N–H and O–H groups in total. The van der Waals surface area contributed by atoms with E-state index in [9.17, 15) is 4.39 Å². The molecule has 0 aliphatic rings. The number of halogens is 2. The lowest BCUT2D eigenvalue weighted by molar-refractivity contribution is -0.152. The average molecular weight is 334 g/mol. The summed E-state index contributed by atoms with van der Waals surface area (Å²) in [5.74, 6) is -0.213. The lowest BCUT2D eigenvalue weighted by atomic mass is 10.0. The Labute approximate surface area is 122 Å². The normalized spacial score (nSPS) is 12.9. The zero-order chi connectivity index (χ0) is 14.3. The van der Waals surface area contributed by atoms with E-state index in [1.165, 1.54) is 6.07 Å². The number of hydrogen-bond acceptors (Lipinski definition) is 3. The molecule has 0 aliphatic heterocycles. The van der Waals surface area contributed by atoms with Crippen LogP contribution in [-0.4, -0.2) is 32.6 Å². The Morgan fingerprint density at radius 1 is 1.26 bits per heavy atom. The van der Waals surface area contributed by atoms with Crippen molar-refractivity contribution in [3.05, 3.63) is 34.1 Å². The minimum absolute atomic E-state index is 0.0938. The third kappa shape index (κ3) is 5.18. The van der Waals surface area contributed by atoms with Crippen LogP contribution in [0.5, 0.6) is 0 Å². The summed E-state index contributed by atoms with van der Waals surface area (Å²) in [6.07, 6.45) is 0.130. The van der Waals surface area contributed by atoms with Gasteiger partial charge in [0.05, 0.1) is 6.04 Å². The van der Waals surface area contributed by atoms with Crippen LogP contribution in [0.3, 0.4) is 0 Å². The first-order chi connectivity index (χ1) is 9.12. The van der Waals surface area contributed by atoms with Crippen molar-refractivity contribution in [2.24, 2.45) is 0 Å². The van der Waals surface area contributed by atoms with Gasteiger partial charge in [-0.2, -0.15) is 0 Å². The molecule has 0 bridgehead atoms. The summed E-state index contributed by atoms with van der Waals surface area (Å²) in [5.41, 5.74) is 0.637. The van der Waals surface area contributed by atoms with Crippen LogP contribution < -0.4 is 5.32 Å². The van der Waals surface area contributed by atoms with Gasteiger partial charge in [0.15, 0.2) is 6.29 Å². The number of likely N-dealkylation sites (N-methyl/N-ethyl adjacent to an activating group) is 1. The standard InChI is InChI=1S/C14H21BrFNO2/c1-4-18-14(19-5-2)13(17-3)9-10-8-11(15)6-7-12(10)16/h6-8,13-14,17H,4-5,9H2,1-3H3. The quantitative estimate of drug-likeness (QED) is 0.741. The Hall–Kier alpha value is -0.490. The van der Waals surface area contributed by atoms with Gasteiger partial charge in [0.1, 0.15) is 5.82 Å². The van der Waals surface area contributed by atoms with Crippen LogP contribution in [0.4, 0.5) is 4.39 Å². The molecular weight excluding hydrogens is 313 g/mol. The molecule has 0 saturated heterocycles. The molecule has 0 aliphatic carbocycles. The minimum atomic E-state index is -0.376. The molecule has 0 fully saturated rings. The molecule has 108 valence electrons. The lowest BCUT2D eigenvalue weighted by Gasteiger charge is -2.26. The maximum absolute atomic E-state index is 13.8. The topological polar surface area (TPSA) is 30.5 Å². The maximum atomic E-state index is 13.8. The monoisotopic (exact) mass is 333 g/mol. The van der Waals surface area contributed by atoms with Crippen molar-refractivity contribution >= 4 is 15.9 Å². The second kappa shape index (κ2) is 8.64. The van der Waals surface area contributed by atoms with Gasteiger partial charge in [-0.05, 0) is 51.1 Å². The van der Waals surface area contributed by atoms with Gasteiger partial charge < -0.3 is 14.8 Å². The van der Waals surface area contributed by atoms with Crippen molar-refractivity contribution in [3.63, 3.8) is 0 Å². The van der Waals surface area contributed by atoms with Crippen LogP contribution in [0.2, 0.25) is 0 Å². The third-order valence-electron chi connectivity index (χ3n) is 2.81. The summed E-state index contributed by atoms with van der Waals surface area (Å²) in [5, 5.41) is 3.13. The first-order valence-electron chi connectivity index (χ1n) is 6.46. The Morgan fingerprint density at radius 2 is 1.89 bits per heavy atom. The van der Waals surface area contributed by atoms with Crippen LogP contribution in [0, 0.1) is 5.82 Å². The number of nitrogens with one attached hydrogen (secondary N) is 1. The van der Waals surface area contributed by atoms with Gasteiger partial charge in [-0.25, -0.2) is 4.39 Å². The van der Waals surface area contributed by atoms with Crippen molar-refractivity contribution < 1.29 is 13.9 Å². The zero-order valence-corrected chi connectivity index (χ0v) is 13.2. The predicted octanol–water partition coefficient (Wildman–Crippen LogP) is 3.12. The molecule has 0 amide bonds. The van der Waals surface area contributed by atoms with Crippen LogP contribution >= 0.6 is 15.9 Å². The summed E-state index contributed by atoms with van der Waals surface area (Å²) in [4.78, 5) is 0. The first kappa shape index (κ1) is 16.6. The summed E-state index contributed by atoms with van der Waals surface area (Å²) < 4.78 is 25.8. The molecule has 5 heteroatoms. The minimum Gasteiger partial charge on any atom is -0.351 e. The van der Waals surface area contributed by atoms with Crippen LogP contribution in [-0.2, 0) is 15.9 Å². The van der Waals surface area contributed by atoms with E-state index in [1.807, 2.05) is 20.9 Å². The fraction of sp³-hybridized carbons (Fsp3) is 0.571. The summed E-state index contributed by atoms with van der Waals surface area (Å²) in [6.45, 7) is 4.95. The number of rotatable bonds is 8. The highest BCUT2D eigenvalue weighted by Gasteiger charge is 2.22. The fourth-order valence-electron chi connectivity index (χ4n) is 1.88. The van der Waals surface area contributed by atoms with E-state index < -0.39 is 0 Å². The molecular formula is C14H21BrFNO2. The molecule has 1 aromatic rings. The van der Waals surface area contributed by atoms with Gasteiger partial charge in [0, 0.05) is 17.7 Å². The van der Waals surface area contributed by atoms with Crippen molar-refractivity contribution in [1.29, 1.82) is 0 Å². The first-order valence-corrected chi connectivity index (χ1v) is 7.26. The average Bonchev–Trinajstić information content (AvgIpc) is 2.39. The molecule has 0 radical (unpaired) electrons. The second-order valence-electron chi connectivity index (χ2n) is 4.11. The highest BCUT2D eigenvalue weighted by Crippen LogP contribution is 2.18. The van der Waals surface area contributed by atoms with Gasteiger partial charge in [0.25, 0.3) is 0 Å². The highest BCUT2D eigenvalue weighted by molar-refractivity contribution is 9.10. The van der Waals surface area contributed by atoms with Gasteiger partial charge in [-0.3, -0.25) is 0 Å². The molecule has 0 heterocycles. The van der Waals surface area contributed by atoms with Crippen molar-refractivity contribution in [2.45, 2.75) is 32.6 Å². The van der Waals surface area contributed by atoms with Gasteiger partial charge in [-0.1, -0.05) is 15.9 Å². The van der Waals surface area contributed by atoms with Crippen molar-refractivity contribution in [1.82, 2.24) is 5.32 Å². The van der Waals surface area contributed by atoms with Crippen molar-refractivity contribution in [3.8, 4) is 0 Å². The van der Waals surface area contributed by atoms with Gasteiger partial charge >= 0.3 is 0 Å². The summed E-state index contributed by atoms with van der Waals surface area (Å²) in [7, 11) is 1.82. The van der Waals surface area contributed by atoms with Crippen molar-refractivity contribution in [2.75, 3.05) is 20.3 Å². The van der Waals surface area contributed by atoms with Crippen LogP contribution in [0.1, 0.15) is 19.4 Å². The maximum Gasteiger partial charge on any atom is 0.172 e. The molecule has 1 aromatic carbocycles. The Bertz CT molecular complexity index is 384. The number of benzene rings is 1. The van der Waals surface area contributed by atoms with Crippen LogP contribution in [0.15, 0.2) is 22.7 Å². The smallest absolute Gasteiger partial charge is 0.172 e. The van der Waals surface area contributed by atoms with E-state index in [-0.39, 0.29) is 18.1 Å². The van der Waals surface area contributed by atoms with Gasteiger partial charge in [0.2, 0.25) is 0 Å². The highest BCUT2D eigenvalue weighted by atomic mass is 79.9. The molecule has 1 atom stereocenters.